The van der Waals surface area contributed by atoms with Gasteiger partial charge in [0.25, 0.3) is 0 Å². The Hall–Kier alpha value is -1.10. The zero-order chi connectivity index (χ0) is 28.8. The second kappa shape index (κ2) is 29.9. The van der Waals surface area contributed by atoms with Crippen molar-refractivity contribution in [3.05, 3.63) is 0 Å². The number of carbonyl (C=O) groups excluding carboxylic acids is 2. The molecule has 2 atom stereocenters. The Morgan fingerprint density at radius 1 is 0.513 bits per heavy atom. The highest BCUT2D eigenvalue weighted by atomic mass is 16.6. The first kappa shape index (κ1) is 37.9. The lowest BCUT2D eigenvalue weighted by Gasteiger charge is -2.23. The van der Waals surface area contributed by atoms with Crippen LogP contribution in [0, 0.1) is 0 Å². The maximum Gasteiger partial charge on any atom is 0.306 e. The summed E-state index contributed by atoms with van der Waals surface area (Å²) in [6.45, 7) is 7.19. The quantitative estimate of drug-likeness (QED) is 0.0706. The molecular weight excluding hydrogens is 488 g/mol. The van der Waals surface area contributed by atoms with Gasteiger partial charge in [0, 0.05) is 12.8 Å². The third kappa shape index (κ3) is 26.9. The molecule has 0 aromatic rings. The first-order valence-electron chi connectivity index (χ1n) is 17.1. The normalized spacial score (nSPS) is 12.8. The van der Waals surface area contributed by atoms with Crippen molar-refractivity contribution in [1.29, 1.82) is 0 Å². The standard InChI is InChI=1S/C34H66O5/c1-4-7-10-13-18-22-27-32(39-34(37)29-24-16-12-9-6-3)31(35)26-21-17-15-19-23-28-33(36)38-30-25-20-14-11-8-5-2/h31-32,35H,4-30H2,1-3H3. The molecule has 0 aliphatic rings. The summed E-state index contributed by atoms with van der Waals surface area (Å²) in [5.74, 6) is -0.214. The van der Waals surface area contributed by atoms with Gasteiger partial charge >= 0.3 is 11.9 Å². The van der Waals surface area contributed by atoms with E-state index in [9.17, 15) is 14.7 Å². The van der Waals surface area contributed by atoms with Gasteiger partial charge in [0.05, 0.1) is 12.7 Å². The van der Waals surface area contributed by atoms with Gasteiger partial charge in [0.1, 0.15) is 6.10 Å². The Kier molecular flexibility index (Phi) is 29.0. The second-order valence-electron chi connectivity index (χ2n) is 11.6. The number of rotatable bonds is 30. The van der Waals surface area contributed by atoms with Crippen LogP contribution in [0.5, 0.6) is 0 Å². The van der Waals surface area contributed by atoms with Crippen molar-refractivity contribution in [2.45, 2.75) is 200 Å². The van der Waals surface area contributed by atoms with Gasteiger partial charge in [-0.05, 0) is 38.5 Å². The average molecular weight is 555 g/mol. The minimum Gasteiger partial charge on any atom is -0.466 e. The van der Waals surface area contributed by atoms with Gasteiger partial charge < -0.3 is 14.6 Å². The predicted molar refractivity (Wildman–Crippen MR) is 164 cm³/mol. The van der Waals surface area contributed by atoms with Crippen molar-refractivity contribution < 1.29 is 24.2 Å². The number of esters is 2. The SMILES string of the molecule is CCCCCCCCOC(=O)CCCCCCCC(O)C(CCCCCCCC)OC(=O)CCCCCCC. The van der Waals surface area contributed by atoms with Gasteiger partial charge in [-0.25, -0.2) is 0 Å². The molecule has 0 saturated heterocycles. The van der Waals surface area contributed by atoms with Crippen molar-refractivity contribution in [1.82, 2.24) is 0 Å². The fraction of sp³-hybridized carbons (Fsp3) is 0.941. The van der Waals surface area contributed by atoms with E-state index in [1.54, 1.807) is 0 Å². The molecule has 0 fully saturated rings. The average Bonchev–Trinajstić information content (AvgIpc) is 2.93. The van der Waals surface area contributed by atoms with Crippen LogP contribution in [0.25, 0.3) is 0 Å². The number of ether oxygens (including phenoxy) is 2. The van der Waals surface area contributed by atoms with Crippen LogP contribution in [0.2, 0.25) is 0 Å². The summed E-state index contributed by atoms with van der Waals surface area (Å²) in [5.41, 5.74) is 0. The molecule has 5 heteroatoms. The number of aliphatic hydroxyl groups is 1. The summed E-state index contributed by atoms with van der Waals surface area (Å²) < 4.78 is 11.1. The molecule has 0 aromatic heterocycles. The fourth-order valence-corrected chi connectivity index (χ4v) is 5.04. The van der Waals surface area contributed by atoms with E-state index >= 15 is 0 Å². The molecule has 0 radical (unpaired) electrons. The molecule has 0 amide bonds. The van der Waals surface area contributed by atoms with Crippen LogP contribution < -0.4 is 0 Å². The highest BCUT2D eigenvalue weighted by molar-refractivity contribution is 5.69. The molecule has 0 rings (SSSR count). The van der Waals surface area contributed by atoms with E-state index < -0.39 is 6.10 Å². The van der Waals surface area contributed by atoms with Gasteiger partial charge in [0.15, 0.2) is 0 Å². The lowest BCUT2D eigenvalue weighted by Crippen LogP contribution is -2.31. The van der Waals surface area contributed by atoms with Crippen LogP contribution in [-0.4, -0.2) is 35.9 Å². The molecule has 0 aliphatic carbocycles. The first-order chi connectivity index (χ1) is 19.0. The van der Waals surface area contributed by atoms with E-state index in [1.165, 1.54) is 70.6 Å². The van der Waals surface area contributed by atoms with Crippen LogP contribution in [0.15, 0.2) is 0 Å². The van der Waals surface area contributed by atoms with Crippen LogP contribution >= 0.6 is 0 Å². The lowest BCUT2D eigenvalue weighted by molar-refractivity contribution is -0.156. The summed E-state index contributed by atoms with van der Waals surface area (Å²) in [4.78, 5) is 24.3. The molecule has 0 saturated carbocycles. The van der Waals surface area contributed by atoms with E-state index in [-0.39, 0.29) is 18.0 Å². The molecule has 1 N–H and O–H groups in total. The first-order valence-corrected chi connectivity index (χ1v) is 17.1. The third-order valence-corrected chi connectivity index (χ3v) is 7.68. The summed E-state index contributed by atoms with van der Waals surface area (Å²) >= 11 is 0. The summed E-state index contributed by atoms with van der Waals surface area (Å²) in [5, 5.41) is 10.8. The molecule has 5 nitrogen and oxygen atoms in total. The van der Waals surface area contributed by atoms with Crippen LogP contribution in [0.4, 0.5) is 0 Å². The Labute approximate surface area is 242 Å². The van der Waals surface area contributed by atoms with Crippen LogP contribution in [0.1, 0.15) is 188 Å². The molecule has 232 valence electrons. The molecule has 0 bridgehead atoms. The van der Waals surface area contributed by atoms with Crippen molar-refractivity contribution >= 4 is 11.9 Å². The number of hydrogen-bond acceptors (Lipinski definition) is 5. The van der Waals surface area contributed by atoms with Gasteiger partial charge in [-0.15, -0.1) is 0 Å². The van der Waals surface area contributed by atoms with Crippen LogP contribution in [0.3, 0.4) is 0 Å². The second-order valence-corrected chi connectivity index (χ2v) is 11.6. The summed E-state index contributed by atoms with van der Waals surface area (Å²) in [6.07, 6.45) is 26.2. The Morgan fingerprint density at radius 3 is 1.46 bits per heavy atom. The van der Waals surface area contributed by atoms with Crippen molar-refractivity contribution in [2.75, 3.05) is 6.61 Å². The molecule has 2 unspecified atom stereocenters. The van der Waals surface area contributed by atoms with Crippen molar-refractivity contribution in [2.24, 2.45) is 0 Å². The van der Waals surface area contributed by atoms with E-state index in [4.69, 9.17) is 9.47 Å². The monoisotopic (exact) mass is 554 g/mol. The number of hydrogen-bond donors (Lipinski definition) is 1. The third-order valence-electron chi connectivity index (χ3n) is 7.68. The zero-order valence-electron chi connectivity index (χ0n) is 26.3. The molecule has 0 heterocycles. The highest BCUT2D eigenvalue weighted by Gasteiger charge is 2.22. The highest BCUT2D eigenvalue weighted by Crippen LogP contribution is 2.19. The Balaban J connectivity index is 4.08. The van der Waals surface area contributed by atoms with E-state index in [0.29, 0.717) is 25.9 Å². The minimum absolute atomic E-state index is 0.0660. The number of aliphatic hydroxyl groups excluding tert-OH is 1. The smallest absolute Gasteiger partial charge is 0.306 e. The van der Waals surface area contributed by atoms with Crippen molar-refractivity contribution in [3.8, 4) is 0 Å². The minimum atomic E-state index is -0.582. The maximum absolute atomic E-state index is 12.4. The van der Waals surface area contributed by atoms with Crippen molar-refractivity contribution in [3.63, 3.8) is 0 Å². The number of carbonyl (C=O) groups is 2. The van der Waals surface area contributed by atoms with E-state index in [2.05, 4.69) is 20.8 Å². The predicted octanol–water partition coefficient (Wildman–Crippen LogP) is 10.0. The molecule has 0 aromatic carbocycles. The van der Waals surface area contributed by atoms with E-state index in [0.717, 1.165) is 77.0 Å². The molecule has 39 heavy (non-hydrogen) atoms. The number of unbranched alkanes of at least 4 members (excludes halogenated alkanes) is 18. The van der Waals surface area contributed by atoms with Crippen LogP contribution in [-0.2, 0) is 19.1 Å². The Morgan fingerprint density at radius 2 is 0.923 bits per heavy atom. The maximum atomic E-state index is 12.4. The van der Waals surface area contributed by atoms with Gasteiger partial charge in [-0.2, -0.15) is 0 Å². The molecule has 0 aliphatic heterocycles. The Bertz CT molecular complexity index is 536. The fourth-order valence-electron chi connectivity index (χ4n) is 5.04. The summed E-state index contributed by atoms with van der Waals surface area (Å²) in [7, 11) is 0. The molecular formula is C34H66O5. The van der Waals surface area contributed by atoms with Gasteiger partial charge in [-0.1, -0.05) is 136 Å². The largest absolute Gasteiger partial charge is 0.466 e. The topological polar surface area (TPSA) is 72.8 Å². The lowest BCUT2D eigenvalue weighted by atomic mass is 9.99. The summed E-state index contributed by atoms with van der Waals surface area (Å²) in [6, 6.07) is 0. The van der Waals surface area contributed by atoms with Gasteiger partial charge in [0.2, 0.25) is 0 Å². The van der Waals surface area contributed by atoms with Gasteiger partial charge in [-0.3, -0.25) is 9.59 Å². The zero-order valence-corrected chi connectivity index (χ0v) is 26.3. The van der Waals surface area contributed by atoms with E-state index in [1.807, 2.05) is 0 Å². The molecule has 0 spiro atoms.